The van der Waals surface area contributed by atoms with E-state index in [9.17, 15) is 4.79 Å². The Morgan fingerprint density at radius 3 is 2.52 bits per heavy atom. The van der Waals surface area contributed by atoms with Gasteiger partial charge in [-0.15, -0.1) is 11.3 Å². The molecule has 3 nitrogen and oxygen atoms in total. The van der Waals surface area contributed by atoms with Gasteiger partial charge in [0.25, 0.3) is 0 Å². The molecule has 1 aliphatic heterocycles. The minimum absolute atomic E-state index is 0.265. The average molecular weight is 377 g/mol. The molecule has 1 atom stereocenters. The molecule has 25 heavy (non-hydrogen) atoms. The molecule has 2 aromatic rings. The van der Waals surface area contributed by atoms with Crippen LogP contribution in [0.1, 0.15) is 34.6 Å². The molecule has 1 saturated heterocycles. The van der Waals surface area contributed by atoms with Crippen LogP contribution in [0.3, 0.4) is 0 Å². The Morgan fingerprint density at radius 1 is 1.16 bits per heavy atom. The number of thiophene rings is 1. The van der Waals surface area contributed by atoms with E-state index in [0.717, 1.165) is 31.2 Å². The molecule has 0 spiro atoms. The van der Waals surface area contributed by atoms with E-state index in [1.165, 1.54) is 21.0 Å². The van der Waals surface area contributed by atoms with Crippen LogP contribution >= 0.6 is 22.9 Å². The summed E-state index contributed by atoms with van der Waals surface area (Å²) in [5.74, 6) is 0.556. The summed E-state index contributed by atoms with van der Waals surface area (Å²) >= 11 is 7.94. The van der Waals surface area contributed by atoms with Crippen molar-refractivity contribution >= 4 is 34.5 Å². The number of rotatable bonds is 4. The van der Waals surface area contributed by atoms with Crippen molar-refractivity contribution in [2.75, 3.05) is 31.1 Å². The van der Waals surface area contributed by atoms with Crippen LogP contribution in [0.4, 0.5) is 5.69 Å². The zero-order valence-electron chi connectivity index (χ0n) is 15.1. The lowest BCUT2D eigenvalue weighted by Gasteiger charge is -2.37. The van der Waals surface area contributed by atoms with Gasteiger partial charge in [-0.2, -0.15) is 0 Å². The molecular formula is C20H25ClN2OS. The van der Waals surface area contributed by atoms with Gasteiger partial charge < -0.3 is 9.80 Å². The lowest BCUT2D eigenvalue weighted by molar-refractivity contribution is -0.131. The van der Waals surface area contributed by atoms with Crippen molar-refractivity contribution in [3.8, 4) is 0 Å². The highest BCUT2D eigenvalue weighted by atomic mass is 35.5. The molecule has 1 unspecified atom stereocenters. The van der Waals surface area contributed by atoms with E-state index in [1.807, 2.05) is 17.0 Å². The molecule has 2 heterocycles. The maximum absolute atomic E-state index is 12.6. The van der Waals surface area contributed by atoms with Crippen LogP contribution in [0.25, 0.3) is 0 Å². The molecule has 0 aliphatic carbocycles. The summed E-state index contributed by atoms with van der Waals surface area (Å²) in [6.07, 6.45) is 0.593. The summed E-state index contributed by atoms with van der Waals surface area (Å²) in [4.78, 5) is 19.6. The van der Waals surface area contributed by atoms with Gasteiger partial charge >= 0.3 is 0 Å². The van der Waals surface area contributed by atoms with Gasteiger partial charge in [0.05, 0.1) is 0 Å². The number of anilines is 1. The zero-order valence-corrected chi connectivity index (χ0v) is 16.7. The first kappa shape index (κ1) is 18.3. The number of benzene rings is 1. The third kappa shape index (κ3) is 4.36. The Morgan fingerprint density at radius 2 is 1.88 bits per heavy atom. The second kappa shape index (κ2) is 7.79. The number of aryl methyl sites for hydroxylation is 2. The summed E-state index contributed by atoms with van der Waals surface area (Å²) < 4.78 is 0. The molecule has 134 valence electrons. The third-order valence-electron chi connectivity index (χ3n) is 4.87. The van der Waals surface area contributed by atoms with E-state index in [1.54, 1.807) is 11.3 Å². The summed E-state index contributed by atoms with van der Waals surface area (Å²) in [6, 6.07) is 10.3. The molecule has 5 heteroatoms. The Labute approximate surface area is 159 Å². The largest absolute Gasteiger partial charge is 0.368 e. The third-order valence-corrected chi connectivity index (χ3v) is 6.34. The van der Waals surface area contributed by atoms with Crippen molar-refractivity contribution in [3.05, 3.63) is 50.7 Å². The smallest absolute Gasteiger partial charge is 0.223 e. The minimum atomic E-state index is 0.265. The fraction of sp³-hybridized carbons (Fsp3) is 0.450. The molecule has 1 aliphatic rings. The number of amides is 1. The SMILES string of the molecule is Cc1ccc(C(C)CC(=O)N2CCN(c3cc(Cl)ccc3C)CC2)s1. The lowest BCUT2D eigenvalue weighted by atomic mass is 10.0. The number of hydrogen-bond donors (Lipinski definition) is 0. The van der Waals surface area contributed by atoms with Crippen LogP contribution in [0.2, 0.25) is 5.02 Å². The number of hydrogen-bond acceptors (Lipinski definition) is 3. The number of halogens is 1. The maximum atomic E-state index is 12.6. The van der Waals surface area contributed by atoms with E-state index >= 15 is 0 Å². The molecule has 1 aromatic heterocycles. The van der Waals surface area contributed by atoms with Crippen molar-refractivity contribution in [2.24, 2.45) is 0 Å². The highest BCUT2D eigenvalue weighted by Crippen LogP contribution is 2.28. The minimum Gasteiger partial charge on any atom is -0.368 e. The van der Waals surface area contributed by atoms with Gasteiger partial charge in [-0.05, 0) is 49.6 Å². The predicted octanol–water partition coefficient (Wildman–Crippen LogP) is 4.86. The van der Waals surface area contributed by atoms with E-state index < -0.39 is 0 Å². The van der Waals surface area contributed by atoms with Crippen molar-refractivity contribution in [1.29, 1.82) is 0 Å². The first-order chi connectivity index (χ1) is 11.9. The van der Waals surface area contributed by atoms with E-state index in [0.29, 0.717) is 12.3 Å². The Hall–Kier alpha value is -1.52. The molecule has 1 amide bonds. The molecule has 3 rings (SSSR count). The molecule has 1 fully saturated rings. The molecule has 0 radical (unpaired) electrons. The predicted molar refractivity (Wildman–Crippen MR) is 107 cm³/mol. The first-order valence-corrected chi connectivity index (χ1v) is 9.98. The van der Waals surface area contributed by atoms with Crippen LogP contribution in [0.15, 0.2) is 30.3 Å². The molecule has 1 aromatic carbocycles. The Bertz CT molecular complexity index is 750. The number of carbonyl (C=O) groups excluding carboxylic acids is 1. The second-order valence-electron chi connectivity index (χ2n) is 6.85. The number of carbonyl (C=O) groups is 1. The van der Waals surface area contributed by atoms with Gasteiger partial charge in [0.15, 0.2) is 0 Å². The van der Waals surface area contributed by atoms with Gasteiger partial charge in [-0.25, -0.2) is 0 Å². The maximum Gasteiger partial charge on any atom is 0.223 e. The zero-order chi connectivity index (χ0) is 18.0. The second-order valence-corrected chi connectivity index (χ2v) is 8.61. The van der Waals surface area contributed by atoms with Crippen molar-refractivity contribution in [2.45, 2.75) is 33.1 Å². The summed E-state index contributed by atoms with van der Waals surface area (Å²) in [5.41, 5.74) is 2.41. The Kier molecular flexibility index (Phi) is 5.70. The fourth-order valence-electron chi connectivity index (χ4n) is 3.33. The quantitative estimate of drug-likeness (QED) is 0.760. The highest BCUT2D eigenvalue weighted by molar-refractivity contribution is 7.12. The van der Waals surface area contributed by atoms with Crippen LogP contribution in [0, 0.1) is 13.8 Å². The van der Waals surface area contributed by atoms with E-state index in [-0.39, 0.29) is 5.91 Å². The fourth-order valence-corrected chi connectivity index (χ4v) is 4.42. The van der Waals surface area contributed by atoms with Crippen molar-refractivity contribution in [3.63, 3.8) is 0 Å². The summed E-state index contributed by atoms with van der Waals surface area (Å²) in [6.45, 7) is 9.64. The molecular weight excluding hydrogens is 352 g/mol. The van der Waals surface area contributed by atoms with Crippen LogP contribution in [-0.4, -0.2) is 37.0 Å². The van der Waals surface area contributed by atoms with Gasteiger partial charge in [0.1, 0.15) is 0 Å². The first-order valence-electron chi connectivity index (χ1n) is 8.79. The van der Waals surface area contributed by atoms with Gasteiger partial charge in [-0.1, -0.05) is 24.6 Å². The average Bonchev–Trinajstić information content (AvgIpc) is 3.04. The van der Waals surface area contributed by atoms with E-state index in [4.69, 9.17) is 11.6 Å². The van der Waals surface area contributed by atoms with Crippen LogP contribution < -0.4 is 4.90 Å². The van der Waals surface area contributed by atoms with Gasteiger partial charge in [0.2, 0.25) is 5.91 Å². The monoisotopic (exact) mass is 376 g/mol. The number of piperazine rings is 1. The van der Waals surface area contributed by atoms with Crippen molar-refractivity contribution < 1.29 is 4.79 Å². The molecule has 0 N–H and O–H groups in total. The topological polar surface area (TPSA) is 23.6 Å². The van der Waals surface area contributed by atoms with E-state index in [2.05, 4.69) is 43.9 Å². The van der Waals surface area contributed by atoms with Crippen LogP contribution in [0.5, 0.6) is 0 Å². The lowest BCUT2D eigenvalue weighted by Crippen LogP contribution is -2.49. The van der Waals surface area contributed by atoms with Gasteiger partial charge in [0, 0.05) is 53.1 Å². The van der Waals surface area contributed by atoms with Gasteiger partial charge in [-0.3, -0.25) is 4.79 Å². The highest BCUT2D eigenvalue weighted by Gasteiger charge is 2.24. The van der Waals surface area contributed by atoms with Crippen LogP contribution in [-0.2, 0) is 4.79 Å². The molecule has 0 saturated carbocycles. The van der Waals surface area contributed by atoms with Crippen molar-refractivity contribution in [1.82, 2.24) is 4.90 Å². The Balaban J connectivity index is 1.56. The normalized spacial score (nSPS) is 16.2. The standard InChI is InChI=1S/C20H25ClN2OS/c1-14-4-6-17(21)13-18(14)22-8-10-23(11-9-22)20(24)12-15(2)19-7-5-16(3)25-19/h4-7,13,15H,8-12H2,1-3H3. The molecule has 0 bridgehead atoms. The summed E-state index contributed by atoms with van der Waals surface area (Å²) in [5, 5.41) is 0.763. The summed E-state index contributed by atoms with van der Waals surface area (Å²) in [7, 11) is 0. The number of nitrogens with zero attached hydrogens (tertiary/aromatic N) is 2.